The van der Waals surface area contributed by atoms with Gasteiger partial charge in [0.25, 0.3) is 11.5 Å². The SMILES string of the molecule is COc1ccc(C(=O)N(Cc2cc3ccc(C)cc3[nH]c2=O)c2cccc(C)c2)cc1. The van der Waals surface area contributed by atoms with Crippen LogP contribution in [0.15, 0.2) is 77.6 Å². The van der Waals surface area contributed by atoms with Crippen LogP contribution in [-0.2, 0) is 6.54 Å². The Hall–Kier alpha value is -3.86. The van der Waals surface area contributed by atoms with Crippen LogP contribution in [0.5, 0.6) is 5.75 Å². The zero-order chi connectivity index (χ0) is 22.0. The highest BCUT2D eigenvalue weighted by molar-refractivity contribution is 6.06. The molecule has 5 nitrogen and oxygen atoms in total. The number of ether oxygens (including phenoxy) is 1. The van der Waals surface area contributed by atoms with Gasteiger partial charge in [0, 0.05) is 22.3 Å². The number of nitrogens with zero attached hydrogens (tertiary/aromatic N) is 1. The summed E-state index contributed by atoms with van der Waals surface area (Å²) >= 11 is 0. The molecule has 0 saturated carbocycles. The van der Waals surface area contributed by atoms with Crippen LogP contribution in [0.2, 0.25) is 0 Å². The van der Waals surface area contributed by atoms with E-state index >= 15 is 0 Å². The molecule has 0 saturated heterocycles. The molecule has 31 heavy (non-hydrogen) atoms. The predicted octanol–water partition coefficient (Wildman–Crippen LogP) is 5.00. The molecule has 5 heteroatoms. The van der Waals surface area contributed by atoms with Gasteiger partial charge in [-0.1, -0.05) is 24.3 Å². The smallest absolute Gasteiger partial charge is 0.258 e. The van der Waals surface area contributed by atoms with Crippen LogP contribution in [0.4, 0.5) is 5.69 Å². The van der Waals surface area contributed by atoms with Crippen molar-refractivity contribution in [1.82, 2.24) is 4.98 Å². The standard InChI is InChI=1S/C26H24N2O3/c1-17-5-4-6-22(13-17)28(26(30)19-9-11-23(31-3)12-10-19)16-21-15-20-8-7-18(2)14-24(20)27-25(21)29/h4-15H,16H2,1-3H3,(H,27,29). The number of H-pyrrole nitrogens is 1. The van der Waals surface area contributed by atoms with E-state index in [2.05, 4.69) is 4.98 Å². The van der Waals surface area contributed by atoms with Crippen LogP contribution < -0.4 is 15.2 Å². The van der Waals surface area contributed by atoms with Crippen LogP contribution in [0, 0.1) is 13.8 Å². The topological polar surface area (TPSA) is 62.4 Å². The maximum Gasteiger partial charge on any atom is 0.258 e. The first-order chi connectivity index (χ1) is 14.9. The van der Waals surface area contributed by atoms with E-state index in [-0.39, 0.29) is 18.0 Å². The number of rotatable bonds is 5. The van der Waals surface area contributed by atoms with E-state index in [9.17, 15) is 9.59 Å². The fraction of sp³-hybridized carbons (Fsp3) is 0.154. The van der Waals surface area contributed by atoms with Crippen molar-refractivity contribution < 1.29 is 9.53 Å². The molecule has 0 spiro atoms. The van der Waals surface area contributed by atoms with Crippen LogP contribution in [0.25, 0.3) is 10.9 Å². The number of anilines is 1. The molecule has 156 valence electrons. The molecule has 0 bridgehead atoms. The largest absolute Gasteiger partial charge is 0.497 e. The molecule has 0 fully saturated rings. The van der Waals surface area contributed by atoms with Gasteiger partial charge >= 0.3 is 0 Å². The monoisotopic (exact) mass is 412 g/mol. The van der Waals surface area contributed by atoms with Gasteiger partial charge in [0.15, 0.2) is 0 Å². The van der Waals surface area contributed by atoms with E-state index < -0.39 is 0 Å². The second kappa shape index (κ2) is 8.48. The molecule has 0 radical (unpaired) electrons. The molecule has 1 aromatic heterocycles. The Morgan fingerprint density at radius 1 is 0.935 bits per heavy atom. The Labute approximate surface area is 180 Å². The van der Waals surface area contributed by atoms with Gasteiger partial charge in [0.05, 0.1) is 13.7 Å². The average molecular weight is 412 g/mol. The first kappa shape index (κ1) is 20.4. The molecular weight excluding hydrogens is 388 g/mol. The summed E-state index contributed by atoms with van der Waals surface area (Å²) in [5.74, 6) is 0.497. The zero-order valence-corrected chi connectivity index (χ0v) is 17.8. The van der Waals surface area contributed by atoms with Crippen molar-refractivity contribution >= 4 is 22.5 Å². The van der Waals surface area contributed by atoms with Crippen LogP contribution in [0.1, 0.15) is 27.0 Å². The lowest BCUT2D eigenvalue weighted by molar-refractivity contribution is 0.0985. The molecule has 0 atom stereocenters. The normalized spacial score (nSPS) is 10.8. The average Bonchev–Trinajstić information content (AvgIpc) is 2.77. The summed E-state index contributed by atoms with van der Waals surface area (Å²) in [4.78, 5) is 30.9. The molecule has 0 unspecified atom stereocenters. The number of hydrogen-bond acceptors (Lipinski definition) is 3. The van der Waals surface area contributed by atoms with Crippen molar-refractivity contribution in [2.45, 2.75) is 20.4 Å². The molecular formula is C26H24N2O3. The number of aromatic nitrogens is 1. The third-order valence-corrected chi connectivity index (χ3v) is 5.30. The predicted molar refractivity (Wildman–Crippen MR) is 124 cm³/mol. The lowest BCUT2D eigenvalue weighted by Crippen LogP contribution is -2.33. The number of amides is 1. The molecule has 4 aromatic rings. The Morgan fingerprint density at radius 3 is 2.39 bits per heavy atom. The minimum absolute atomic E-state index is 0.160. The van der Waals surface area contributed by atoms with Gasteiger partial charge in [-0.3, -0.25) is 9.59 Å². The van der Waals surface area contributed by atoms with Crippen LogP contribution >= 0.6 is 0 Å². The number of benzene rings is 3. The Morgan fingerprint density at radius 2 is 1.68 bits per heavy atom. The maximum absolute atomic E-state index is 13.5. The fourth-order valence-electron chi connectivity index (χ4n) is 3.61. The van der Waals surface area contributed by atoms with Crippen molar-refractivity contribution in [2.24, 2.45) is 0 Å². The van der Waals surface area contributed by atoms with Crippen molar-refractivity contribution in [3.05, 3.63) is 105 Å². The summed E-state index contributed by atoms with van der Waals surface area (Å²) in [5, 5.41) is 0.932. The van der Waals surface area contributed by atoms with E-state index in [4.69, 9.17) is 4.74 Å². The summed E-state index contributed by atoms with van der Waals surface area (Å²) in [6.07, 6.45) is 0. The van der Waals surface area contributed by atoms with Crippen molar-refractivity contribution in [3.63, 3.8) is 0 Å². The van der Waals surface area contributed by atoms with Crippen LogP contribution in [0.3, 0.4) is 0 Å². The van der Waals surface area contributed by atoms with Gasteiger partial charge in [-0.25, -0.2) is 0 Å². The molecule has 1 amide bonds. The molecule has 0 aliphatic heterocycles. The number of carbonyl (C=O) groups is 1. The van der Waals surface area contributed by atoms with Gasteiger partial charge in [0.2, 0.25) is 0 Å². The van der Waals surface area contributed by atoms with Gasteiger partial charge in [0.1, 0.15) is 5.75 Å². The molecule has 0 aliphatic rings. The molecule has 1 heterocycles. The quantitative estimate of drug-likeness (QED) is 0.502. The lowest BCUT2D eigenvalue weighted by atomic mass is 10.1. The van der Waals surface area contributed by atoms with Gasteiger partial charge < -0.3 is 14.6 Å². The van der Waals surface area contributed by atoms with Gasteiger partial charge in [-0.2, -0.15) is 0 Å². The number of pyridine rings is 1. The number of methoxy groups -OCH3 is 1. The Balaban J connectivity index is 1.76. The summed E-state index contributed by atoms with van der Waals surface area (Å²) in [6, 6.07) is 22.5. The number of hydrogen-bond donors (Lipinski definition) is 1. The first-order valence-electron chi connectivity index (χ1n) is 10.1. The minimum Gasteiger partial charge on any atom is -0.497 e. The molecule has 0 aliphatic carbocycles. The van der Waals surface area contributed by atoms with E-state index in [1.807, 2.05) is 62.4 Å². The minimum atomic E-state index is -0.196. The number of fused-ring (bicyclic) bond motifs is 1. The summed E-state index contributed by atoms with van der Waals surface area (Å²) < 4.78 is 5.20. The molecule has 1 N–H and O–H groups in total. The van der Waals surface area contributed by atoms with Crippen molar-refractivity contribution in [1.29, 1.82) is 0 Å². The van der Waals surface area contributed by atoms with E-state index in [1.54, 1.807) is 36.3 Å². The zero-order valence-electron chi connectivity index (χ0n) is 17.8. The maximum atomic E-state index is 13.5. The Bertz CT molecular complexity index is 1310. The number of aryl methyl sites for hydroxylation is 2. The summed E-state index contributed by atoms with van der Waals surface area (Å²) in [7, 11) is 1.59. The summed E-state index contributed by atoms with van der Waals surface area (Å²) in [5.41, 5.74) is 4.50. The highest BCUT2D eigenvalue weighted by Gasteiger charge is 2.20. The van der Waals surface area contributed by atoms with Crippen LogP contribution in [-0.4, -0.2) is 18.0 Å². The highest BCUT2D eigenvalue weighted by Crippen LogP contribution is 2.23. The molecule has 4 rings (SSSR count). The summed E-state index contributed by atoms with van der Waals surface area (Å²) in [6.45, 7) is 4.12. The van der Waals surface area contributed by atoms with Crippen molar-refractivity contribution in [2.75, 3.05) is 12.0 Å². The van der Waals surface area contributed by atoms with Gasteiger partial charge in [-0.05, 0) is 78.9 Å². The number of carbonyl (C=O) groups excluding carboxylic acids is 1. The second-order valence-electron chi connectivity index (χ2n) is 7.67. The van der Waals surface area contributed by atoms with Crippen molar-refractivity contribution in [3.8, 4) is 5.75 Å². The molecule has 3 aromatic carbocycles. The third-order valence-electron chi connectivity index (χ3n) is 5.30. The van der Waals surface area contributed by atoms with E-state index in [0.29, 0.717) is 16.9 Å². The Kier molecular flexibility index (Phi) is 5.58. The van der Waals surface area contributed by atoms with Gasteiger partial charge in [-0.15, -0.1) is 0 Å². The highest BCUT2D eigenvalue weighted by atomic mass is 16.5. The second-order valence-corrected chi connectivity index (χ2v) is 7.67. The first-order valence-corrected chi connectivity index (χ1v) is 10.1. The van der Waals surface area contributed by atoms with E-state index in [0.717, 1.165) is 27.7 Å². The number of aromatic amines is 1. The lowest BCUT2D eigenvalue weighted by Gasteiger charge is -2.23. The fourth-order valence-corrected chi connectivity index (χ4v) is 3.61. The van der Waals surface area contributed by atoms with E-state index in [1.165, 1.54) is 0 Å². The number of nitrogens with one attached hydrogen (secondary N) is 1. The third kappa shape index (κ3) is 4.36.